The van der Waals surface area contributed by atoms with Crippen LogP contribution in [0.15, 0.2) is 36.4 Å². The third kappa shape index (κ3) is 6.35. The van der Waals surface area contributed by atoms with Crippen molar-refractivity contribution < 1.29 is 28.6 Å². The number of Topliss-reactive ketones (excluding diaryl/α,β-unsaturated/α-hetero) is 1. The Morgan fingerprint density at radius 2 is 1.77 bits per heavy atom. The highest BCUT2D eigenvalue weighted by Gasteiger charge is 2.20. The van der Waals surface area contributed by atoms with E-state index in [1.165, 1.54) is 13.0 Å². The lowest BCUT2D eigenvalue weighted by Gasteiger charge is -2.14. The van der Waals surface area contributed by atoms with Crippen molar-refractivity contribution >= 4 is 46.5 Å². The summed E-state index contributed by atoms with van der Waals surface area (Å²) in [7, 11) is 0. The molecule has 1 N–H and O–H groups in total. The number of carbonyl (C=O) groups is 3. The number of nitrogens with one attached hydrogen (secondary N) is 1. The maximum atomic E-state index is 12.4. The van der Waals surface area contributed by atoms with Crippen molar-refractivity contribution in [2.75, 3.05) is 18.5 Å². The van der Waals surface area contributed by atoms with E-state index in [1.807, 2.05) is 0 Å². The van der Waals surface area contributed by atoms with Crippen LogP contribution in [0, 0.1) is 0 Å². The van der Waals surface area contributed by atoms with Gasteiger partial charge in [0.05, 0.1) is 30.3 Å². The van der Waals surface area contributed by atoms with E-state index in [0.29, 0.717) is 41.0 Å². The zero-order chi connectivity index (χ0) is 22.4. The number of hydrogen-bond donors (Lipinski definition) is 1. The molecule has 0 radical (unpaired) electrons. The number of halogens is 2. The lowest BCUT2D eigenvalue weighted by molar-refractivity contribution is -0.153. The first kappa shape index (κ1) is 22.9. The van der Waals surface area contributed by atoms with Gasteiger partial charge >= 0.3 is 5.97 Å². The van der Waals surface area contributed by atoms with E-state index in [1.54, 1.807) is 30.3 Å². The Morgan fingerprint density at radius 3 is 2.52 bits per heavy atom. The average Bonchev–Trinajstić information content (AvgIpc) is 2.98. The normalized spacial score (nSPS) is 13.6. The molecule has 0 fully saturated rings. The summed E-state index contributed by atoms with van der Waals surface area (Å²) >= 11 is 11.8. The number of ether oxygens (including phenoxy) is 3. The Labute approximate surface area is 189 Å². The number of hydrogen-bond acceptors (Lipinski definition) is 6. The third-order valence-corrected chi connectivity index (χ3v) is 5.04. The fraction of sp³-hybridized carbons (Fsp3) is 0.318. The topological polar surface area (TPSA) is 90.9 Å². The fourth-order valence-corrected chi connectivity index (χ4v) is 3.29. The standard InChI is InChI=1S/C22H21Cl2NO6/c1-13(22(28)25-17-5-4-15(23)12-16(17)24)31-21(27)8-6-18(26)14-3-7-19-20(11-14)30-10-2-9-29-19/h3-5,7,11-13H,2,6,8-10H2,1H3,(H,25,28). The number of fused-ring (bicyclic) bond motifs is 1. The molecule has 1 unspecified atom stereocenters. The van der Waals surface area contributed by atoms with Crippen molar-refractivity contribution in [2.45, 2.75) is 32.3 Å². The lowest BCUT2D eigenvalue weighted by Crippen LogP contribution is -2.30. The highest BCUT2D eigenvalue weighted by atomic mass is 35.5. The van der Waals surface area contributed by atoms with Crippen molar-refractivity contribution in [1.29, 1.82) is 0 Å². The van der Waals surface area contributed by atoms with E-state index >= 15 is 0 Å². The molecule has 0 spiro atoms. The van der Waals surface area contributed by atoms with Crippen LogP contribution in [-0.4, -0.2) is 37.0 Å². The highest BCUT2D eigenvalue weighted by molar-refractivity contribution is 6.36. The van der Waals surface area contributed by atoms with Crippen LogP contribution in [0.3, 0.4) is 0 Å². The first-order valence-electron chi connectivity index (χ1n) is 9.71. The van der Waals surface area contributed by atoms with E-state index in [9.17, 15) is 14.4 Å². The van der Waals surface area contributed by atoms with E-state index < -0.39 is 18.0 Å². The van der Waals surface area contributed by atoms with E-state index in [2.05, 4.69) is 5.32 Å². The Bertz CT molecular complexity index is 994. The predicted molar refractivity (Wildman–Crippen MR) is 116 cm³/mol. The number of esters is 1. The van der Waals surface area contributed by atoms with Gasteiger partial charge in [0.25, 0.3) is 5.91 Å². The summed E-state index contributed by atoms with van der Waals surface area (Å²) in [6, 6.07) is 9.53. The Kier molecular flexibility index (Phi) is 7.76. The number of amides is 1. The van der Waals surface area contributed by atoms with Gasteiger partial charge in [-0.25, -0.2) is 0 Å². The third-order valence-electron chi connectivity index (χ3n) is 4.49. The average molecular weight is 466 g/mol. The number of benzene rings is 2. The van der Waals surface area contributed by atoms with Gasteiger partial charge in [-0.05, 0) is 43.3 Å². The van der Waals surface area contributed by atoms with Crippen molar-refractivity contribution in [1.82, 2.24) is 0 Å². The zero-order valence-electron chi connectivity index (χ0n) is 16.8. The molecule has 164 valence electrons. The van der Waals surface area contributed by atoms with Gasteiger partial charge in [0.2, 0.25) is 0 Å². The molecule has 2 aromatic carbocycles. The summed E-state index contributed by atoms with van der Waals surface area (Å²) < 4.78 is 16.2. The van der Waals surface area contributed by atoms with Crippen LogP contribution in [0.5, 0.6) is 11.5 Å². The quantitative estimate of drug-likeness (QED) is 0.471. The second-order valence-corrected chi connectivity index (χ2v) is 7.72. The molecule has 0 saturated heterocycles. The van der Waals surface area contributed by atoms with E-state index in [4.69, 9.17) is 37.4 Å². The molecule has 0 saturated carbocycles. The van der Waals surface area contributed by atoms with Gasteiger partial charge in [-0.3, -0.25) is 14.4 Å². The minimum Gasteiger partial charge on any atom is -0.490 e. The van der Waals surface area contributed by atoms with Gasteiger partial charge in [-0.15, -0.1) is 0 Å². The van der Waals surface area contributed by atoms with E-state index in [-0.39, 0.29) is 23.6 Å². The number of carbonyl (C=O) groups excluding carboxylic acids is 3. The second-order valence-electron chi connectivity index (χ2n) is 6.88. The molecule has 2 aromatic rings. The fourth-order valence-electron chi connectivity index (χ4n) is 2.83. The van der Waals surface area contributed by atoms with Gasteiger partial charge in [-0.1, -0.05) is 23.2 Å². The molecule has 1 atom stereocenters. The summed E-state index contributed by atoms with van der Waals surface area (Å²) in [6.45, 7) is 2.50. The zero-order valence-corrected chi connectivity index (χ0v) is 18.3. The Hall–Kier alpha value is -2.77. The van der Waals surface area contributed by atoms with Crippen molar-refractivity contribution in [3.63, 3.8) is 0 Å². The summed E-state index contributed by atoms with van der Waals surface area (Å²) in [5.74, 6) is -0.344. The van der Waals surface area contributed by atoms with Gasteiger partial charge in [0.1, 0.15) is 0 Å². The molecule has 1 heterocycles. The summed E-state index contributed by atoms with van der Waals surface area (Å²) in [5.41, 5.74) is 0.767. The summed E-state index contributed by atoms with van der Waals surface area (Å²) in [5, 5.41) is 3.26. The molecule has 0 aromatic heterocycles. The van der Waals surface area contributed by atoms with Gasteiger partial charge < -0.3 is 19.5 Å². The summed E-state index contributed by atoms with van der Waals surface area (Å²) in [6.07, 6.45) is -0.519. The Balaban J connectivity index is 1.49. The molecule has 3 rings (SSSR count). The molecular weight excluding hydrogens is 445 g/mol. The number of anilines is 1. The van der Waals surface area contributed by atoms with Crippen molar-refractivity contribution in [3.8, 4) is 11.5 Å². The van der Waals surface area contributed by atoms with Crippen LogP contribution < -0.4 is 14.8 Å². The highest BCUT2D eigenvalue weighted by Crippen LogP contribution is 2.31. The molecule has 0 bridgehead atoms. The first-order valence-corrected chi connectivity index (χ1v) is 10.5. The lowest BCUT2D eigenvalue weighted by atomic mass is 10.1. The van der Waals surface area contributed by atoms with Crippen LogP contribution >= 0.6 is 23.2 Å². The summed E-state index contributed by atoms with van der Waals surface area (Å²) in [4.78, 5) is 36.8. The molecule has 31 heavy (non-hydrogen) atoms. The largest absolute Gasteiger partial charge is 0.490 e. The van der Waals surface area contributed by atoms with Crippen LogP contribution in [0.1, 0.15) is 36.5 Å². The Morgan fingerprint density at radius 1 is 1.03 bits per heavy atom. The van der Waals surface area contributed by atoms with Crippen LogP contribution in [0.2, 0.25) is 10.0 Å². The monoisotopic (exact) mass is 465 g/mol. The predicted octanol–water partition coefficient (Wildman–Crippen LogP) is 4.69. The van der Waals surface area contributed by atoms with Crippen molar-refractivity contribution in [3.05, 3.63) is 52.0 Å². The molecule has 1 amide bonds. The van der Waals surface area contributed by atoms with Crippen LogP contribution in [0.4, 0.5) is 5.69 Å². The maximum Gasteiger partial charge on any atom is 0.307 e. The molecular formula is C22H21Cl2NO6. The molecule has 0 aliphatic carbocycles. The SMILES string of the molecule is CC(OC(=O)CCC(=O)c1ccc2c(c1)OCCCO2)C(=O)Nc1ccc(Cl)cc1Cl. The smallest absolute Gasteiger partial charge is 0.307 e. The molecule has 1 aliphatic heterocycles. The minimum atomic E-state index is -1.06. The van der Waals surface area contributed by atoms with Gasteiger partial charge in [0.15, 0.2) is 23.4 Å². The van der Waals surface area contributed by atoms with Gasteiger partial charge in [-0.2, -0.15) is 0 Å². The second kappa shape index (κ2) is 10.5. The van der Waals surface area contributed by atoms with Crippen LogP contribution in [0.25, 0.3) is 0 Å². The van der Waals surface area contributed by atoms with Crippen molar-refractivity contribution in [2.24, 2.45) is 0 Å². The first-order chi connectivity index (χ1) is 14.8. The molecule has 7 nitrogen and oxygen atoms in total. The maximum absolute atomic E-state index is 12.4. The number of rotatable bonds is 7. The van der Waals surface area contributed by atoms with Crippen LogP contribution in [-0.2, 0) is 14.3 Å². The van der Waals surface area contributed by atoms with E-state index in [0.717, 1.165) is 6.42 Å². The number of ketones is 1. The molecule has 1 aliphatic rings. The molecule has 9 heteroatoms. The minimum absolute atomic E-state index is 0.0597. The van der Waals surface area contributed by atoms with Gasteiger partial charge in [0, 0.05) is 23.4 Å².